The molecule has 4 aliphatic rings. The van der Waals surface area contributed by atoms with Crippen molar-refractivity contribution >= 4 is 58.7 Å². The molecule has 4 aliphatic heterocycles. The van der Waals surface area contributed by atoms with Crippen LogP contribution >= 0.6 is 15.9 Å². The lowest BCUT2D eigenvalue weighted by Crippen LogP contribution is -2.59. The van der Waals surface area contributed by atoms with Gasteiger partial charge in [0.1, 0.15) is 66.9 Å². The van der Waals surface area contributed by atoms with Gasteiger partial charge in [-0.15, -0.1) is 0 Å². The number of hydrogen-bond acceptors (Lipinski definition) is 17. The number of hydrogen-bond donors (Lipinski definition) is 2. The van der Waals surface area contributed by atoms with E-state index in [4.69, 9.17) is 40.5 Å². The summed E-state index contributed by atoms with van der Waals surface area (Å²) in [5.41, 5.74) is 7.77. The number of carbonyl (C=O) groups excluding carboxylic acids is 2. The van der Waals surface area contributed by atoms with Crippen molar-refractivity contribution in [2.45, 2.75) is 105 Å². The third-order valence-electron chi connectivity index (χ3n) is 13.3. The molecule has 4 atom stereocenters. The van der Waals surface area contributed by atoms with Gasteiger partial charge in [0.15, 0.2) is 37.8 Å². The molecule has 2 aromatic carbocycles. The molecule has 0 spiro atoms. The Morgan fingerprint density at radius 3 is 1.68 bits per heavy atom. The number of nitriles is 2. The summed E-state index contributed by atoms with van der Waals surface area (Å²) in [4.78, 5) is 43.2. The number of aliphatic imine (C=N–C) groups is 2. The number of sulfone groups is 2. The number of halogens is 1. The minimum absolute atomic E-state index is 0.00707. The van der Waals surface area contributed by atoms with Crippen LogP contribution in [0.5, 0.6) is 23.0 Å². The van der Waals surface area contributed by atoms with Gasteiger partial charge in [0.2, 0.25) is 0 Å². The summed E-state index contributed by atoms with van der Waals surface area (Å²) in [7, 11) is -7.20. The molecule has 0 saturated heterocycles. The van der Waals surface area contributed by atoms with Crippen molar-refractivity contribution in [3.8, 4) is 35.1 Å². The van der Waals surface area contributed by atoms with Crippen molar-refractivity contribution in [2.75, 3.05) is 25.2 Å². The summed E-state index contributed by atoms with van der Waals surface area (Å²) >= 11 is 2.89. The molecule has 17 nitrogen and oxygen atoms in total. The van der Waals surface area contributed by atoms with Gasteiger partial charge in [-0.3, -0.25) is 19.6 Å². The number of ether oxygens (including phenoxy) is 3. The zero-order chi connectivity index (χ0) is 50.7. The van der Waals surface area contributed by atoms with Crippen LogP contribution in [0.3, 0.4) is 0 Å². The molecule has 0 saturated carbocycles. The molecular weight excluding hydrogens is 991 g/mol. The summed E-state index contributed by atoms with van der Waals surface area (Å²) in [5.74, 6) is 1.16. The molecule has 364 valence electrons. The first-order valence-electron chi connectivity index (χ1n) is 21.9. The number of ketones is 2. The van der Waals surface area contributed by atoms with Crippen molar-refractivity contribution in [1.82, 2.24) is 9.97 Å². The molecule has 0 radical (unpaired) electrons. The number of benzene rings is 2. The van der Waals surface area contributed by atoms with Crippen LogP contribution < -0.4 is 19.9 Å². The van der Waals surface area contributed by atoms with Crippen LogP contribution in [0.4, 0.5) is 0 Å². The Bertz CT molecular complexity index is 3020. The smallest absolute Gasteiger partial charge is 0.185 e. The normalized spacial score (nSPS) is 23.9. The number of pyridine rings is 2. The zero-order valence-electron chi connectivity index (χ0n) is 39.3. The van der Waals surface area contributed by atoms with Gasteiger partial charge < -0.3 is 25.1 Å². The van der Waals surface area contributed by atoms with E-state index < -0.39 is 50.7 Å². The highest BCUT2D eigenvalue weighted by molar-refractivity contribution is 9.09. The Balaban J connectivity index is 0.000000211. The fourth-order valence-electron chi connectivity index (χ4n) is 8.84. The topological polar surface area (TPSA) is 274 Å². The number of aromatic nitrogens is 2. The first kappa shape index (κ1) is 52.2. The molecule has 0 bridgehead atoms. The fourth-order valence-corrected chi connectivity index (χ4v) is 13.4. The van der Waals surface area contributed by atoms with Crippen molar-refractivity contribution in [1.29, 1.82) is 10.5 Å². The predicted octanol–water partition coefficient (Wildman–Crippen LogP) is 6.49. The Kier molecular flexibility index (Phi) is 15.1. The van der Waals surface area contributed by atoms with Gasteiger partial charge in [-0.05, 0) is 108 Å². The van der Waals surface area contributed by atoms with Gasteiger partial charge in [0.05, 0.1) is 47.5 Å². The van der Waals surface area contributed by atoms with Crippen molar-refractivity contribution in [2.24, 2.45) is 15.7 Å². The largest absolute Gasteiger partial charge is 0.506 e. The lowest BCUT2D eigenvalue weighted by molar-refractivity contribution is 0.0980. The van der Waals surface area contributed by atoms with Gasteiger partial charge in [-0.25, -0.2) is 26.8 Å². The second kappa shape index (κ2) is 20.0. The maximum absolute atomic E-state index is 13.5. The average Bonchev–Trinajstić information content (AvgIpc) is 3.55. The van der Waals surface area contributed by atoms with Gasteiger partial charge in [-0.1, -0.05) is 28.1 Å². The Morgan fingerprint density at radius 2 is 1.23 bits per heavy atom. The third-order valence-corrected chi connectivity index (χ3v) is 19.8. The van der Waals surface area contributed by atoms with Crippen LogP contribution in [0, 0.1) is 22.7 Å². The molecule has 69 heavy (non-hydrogen) atoms. The number of alkyl halides is 1. The highest BCUT2D eigenvalue weighted by atomic mass is 79.9. The maximum atomic E-state index is 13.5. The lowest BCUT2D eigenvalue weighted by atomic mass is 9.85. The van der Waals surface area contributed by atoms with Crippen LogP contribution in [-0.4, -0.2) is 100 Å². The van der Waals surface area contributed by atoms with Gasteiger partial charge in [0, 0.05) is 42.5 Å². The Morgan fingerprint density at radius 1 is 0.754 bits per heavy atom. The second-order valence-corrected chi connectivity index (χ2v) is 24.2. The summed E-state index contributed by atoms with van der Waals surface area (Å²) in [6, 6.07) is 20.5. The second-order valence-electron chi connectivity index (χ2n) is 18.2. The number of carbonyl (C=O) groups is 2. The molecule has 8 rings (SSSR count). The van der Waals surface area contributed by atoms with Crippen molar-refractivity contribution in [3.63, 3.8) is 0 Å². The minimum atomic E-state index is -3.67. The molecule has 2 aromatic heterocycles. The SMILES string of the molecule is CC1(C)C(N)=N[C@]2(C)c3cc(CC(=O)c4ccc(OCC#N)cn4)ccc3OCC[C@H]2S1(=O)=O.CC1=N[C@]2(C)c3cc(CC(=O)c4ccc(O)cn4)ccc3OCC[C@H]2S(=O)(=O)C1(C)C.N#CCBr. The molecular formula is C49H54BrN7O10S2. The number of nitrogens with two attached hydrogens (primary N) is 1. The minimum Gasteiger partial charge on any atom is -0.506 e. The highest BCUT2D eigenvalue weighted by Gasteiger charge is 2.58. The summed E-state index contributed by atoms with van der Waals surface area (Å²) < 4.78 is 68.6. The number of nitrogens with zero attached hydrogens (tertiary/aromatic N) is 6. The van der Waals surface area contributed by atoms with E-state index in [-0.39, 0.29) is 73.6 Å². The molecule has 0 amide bonds. The van der Waals surface area contributed by atoms with E-state index in [0.29, 0.717) is 51.4 Å². The third kappa shape index (κ3) is 9.97. The molecule has 0 aliphatic carbocycles. The van der Waals surface area contributed by atoms with E-state index in [2.05, 4.69) is 25.9 Å². The van der Waals surface area contributed by atoms with Gasteiger partial charge >= 0.3 is 0 Å². The molecule has 20 heteroatoms. The zero-order valence-corrected chi connectivity index (χ0v) is 42.5. The average molecular weight is 1050 g/mol. The first-order valence-corrected chi connectivity index (χ1v) is 26.1. The monoisotopic (exact) mass is 1040 g/mol. The Labute approximate surface area is 410 Å². The number of amidine groups is 1. The van der Waals surface area contributed by atoms with E-state index in [1.165, 1.54) is 24.5 Å². The number of Topliss-reactive ketones (excluding diaryl/α,β-unsaturated/α-hetero) is 2. The van der Waals surface area contributed by atoms with Crippen LogP contribution in [0.2, 0.25) is 0 Å². The van der Waals surface area contributed by atoms with E-state index in [1.807, 2.05) is 25.1 Å². The Hall–Kier alpha value is -6.22. The predicted molar refractivity (Wildman–Crippen MR) is 263 cm³/mol. The van der Waals surface area contributed by atoms with Gasteiger partial charge in [0.25, 0.3) is 0 Å². The number of fused-ring (bicyclic) bond motifs is 6. The maximum Gasteiger partial charge on any atom is 0.185 e. The summed E-state index contributed by atoms with van der Waals surface area (Å²) in [6.45, 7) is 12.3. The summed E-state index contributed by atoms with van der Waals surface area (Å²) in [5, 5.41) is 24.5. The van der Waals surface area contributed by atoms with Crippen LogP contribution in [0.25, 0.3) is 0 Å². The van der Waals surface area contributed by atoms with Gasteiger partial charge in [-0.2, -0.15) is 10.5 Å². The number of rotatable bonds is 8. The molecule has 0 unspecified atom stereocenters. The number of aromatic hydroxyl groups is 1. The van der Waals surface area contributed by atoms with Crippen LogP contribution in [0.1, 0.15) is 105 Å². The standard InChI is InChI=1S/C24H26N4O5S.C23H26N2O5S.C2H2BrN/c1-23(2)22(26)28-24(3)17-12-15(4-7-20(17)33-10-8-21(24)34(23,30)31)13-19(29)18-6-5-16(14-27-18)32-11-9-25;1-14-22(2,3)31(28,29)21-9-10-30-20-8-5-15(11-17(20)23(21,4)25-14)12-19(27)18-7-6-16(26)13-24-18;3-1-2-4/h4-7,12,14,21H,8,10-11,13H2,1-3H3,(H2,26,28);5-8,11,13,21,26H,9-10,12H2,1-4H3;1H2/t21-,24-;21-,23-;/m11./s1. The quantitative estimate of drug-likeness (QED) is 0.141. The molecule has 0 fully saturated rings. The first-order chi connectivity index (χ1) is 32.4. The van der Waals surface area contributed by atoms with Crippen molar-refractivity contribution in [3.05, 3.63) is 107 Å². The van der Waals surface area contributed by atoms with Crippen molar-refractivity contribution < 1.29 is 45.7 Å². The molecule has 4 aromatic rings. The lowest BCUT2D eigenvalue weighted by Gasteiger charge is -2.43. The summed E-state index contributed by atoms with van der Waals surface area (Å²) in [6.07, 6.45) is 3.40. The van der Waals surface area contributed by atoms with Crippen LogP contribution in [-0.2, 0) is 43.6 Å². The van der Waals surface area contributed by atoms with E-state index in [1.54, 1.807) is 84.0 Å². The van der Waals surface area contributed by atoms with E-state index in [0.717, 1.165) is 5.56 Å². The molecule has 3 N–H and O–H groups in total. The highest BCUT2D eigenvalue weighted by Crippen LogP contribution is 2.50. The van der Waals surface area contributed by atoms with E-state index in [9.17, 15) is 31.5 Å². The van der Waals surface area contributed by atoms with Crippen LogP contribution in [0.15, 0.2) is 83.0 Å². The fraction of sp³-hybridized carbons (Fsp3) is 0.429. The van der Waals surface area contributed by atoms with E-state index >= 15 is 0 Å². The molecule has 6 heterocycles.